The molecule has 0 saturated heterocycles. The highest BCUT2D eigenvalue weighted by Crippen LogP contribution is 2.25. The average Bonchev–Trinajstić information content (AvgIpc) is 2.77. The Labute approximate surface area is 121 Å². The van der Waals surface area contributed by atoms with Gasteiger partial charge in [-0.1, -0.05) is 18.2 Å². The first-order chi connectivity index (χ1) is 9.29. The summed E-state index contributed by atoms with van der Waals surface area (Å²) in [6.45, 7) is 0. The normalized spacial score (nSPS) is 13.1. The van der Waals surface area contributed by atoms with Gasteiger partial charge in [0.15, 0.2) is 0 Å². The molecule has 0 amide bonds. The van der Waals surface area contributed by atoms with Gasteiger partial charge in [-0.05, 0) is 35.5 Å². The van der Waals surface area contributed by atoms with E-state index in [1.807, 2.05) is 47.2 Å². The Bertz CT molecular complexity index is 680. The number of benzene rings is 1. The molecule has 1 aliphatic rings. The zero-order chi connectivity index (χ0) is 13.2. The van der Waals surface area contributed by atoms with E-state index < -0.39 is 0 Å². The summed E-state index contributed by atoms with van der Waals surface area (Å²) >= 11 is 6.96. The molecule has 0 unspecified atom stereocenters. The molecule has 0 aliphatic carbocycles. The van der Waals surface area contributed by atoms with Crippen LogP contribution in [0.4, 0.5) is 5.69 Å². The van der Waals surface area contributed by atoms with Crippen LogP contribution in [0.2, 0.25) is 0 Å². The second-order valence-electron chi connectivity index (χ2n) is 4.02. The van der Waals surface area contributed by atoms with E-state index in [4.69, 9.17) is 12.2 Å². The van der Waals surface area contributed by atoms with Crippen LogP contribution in [0, 0.1) is 0 Å². The maximum absolute atomic E-state index is 5.26. The van der Waals surface area contributed by atoms with Gasteiger partial charge in [0.25, 0.3) is 5.84 Å². The summed E-state index contributed by atoms with van der Waals surface area (Å²) in [6.07, 6.45) is 3.99. The Morgan fingerprint density at radius 3 is 2.79 bits per heavy atom. The Balaban J connectivity index is 1.97. The summed E-state index contributed by atoms with van der Waals surface area (Å²) in [6, 6.07) is 14.1. The van der Waals surface area contributed by atoms with Crippen LogP contribution in [0.5, 0.6) is 0 Å². The number of rotatable bonds is 2. The molecule has 3 rings (SSSR count). The summed E-state index contributed by atoms with van der Waals surface area (Å²) in [4.78, 5) is 5.60. The van der Waals surface area contributed by atoms with E-state index in [0.29, 0.717) is 5.11 Å². The number of hydrogen-bond acceptors (Lipinski definition) is 3. The molecule has 1 aliphatic heterocycles. The van der Waals surface area contributed by atoms with Crippen LogP contribution in [0.15, 0.2) is 58.5 Å². The smallest absolute Gasteiger partial charge is 0.315 e. The van der Waals surface area contributed by atoms with Crippen molar-refractivity contribution in [3.63, 3.8) is 0 Å². The van der Waals surface area contributed by atoms with Crippen LogP contribution >= 0.6 is 24.0 Å². The SMILES string of the molecule is CSc1ccccc1NC1=NC(=S)[n+]2ccccc21. The maximum atomic E-state index is 5.26. The van der Waals surface area contributed by atoms with Crippen LogP contribution in [0.25, 0.3) is 0 Å². The van der Waals surface area contributed by atoms with Gasteiger partial charge in [-0.3, -0.25) is 0 Å². The van der Waals surface area contributed by atoms with Crippen LogP contribution < -0.4 is 9.88 Å². The highest BCUT2D eigenvalue weighted by Gasteiger charge is 2.30. The van der Waals surface area contributed by atoms with E-state index in [-0.39, 0.29) is 0 Å². The highest BCUT2D eigenvalue weighted by atomic mass is 32.2. The third-order valence-electron chi connectivity index (χ3n) is 2.88. The minimum Gasteiger partial charge on any atom is -0.315 e. The quantitative estimate of drug-likeness (QED) is 0.523. The van der Waals surface area contributed by atoms with Crippen molar-refractivity contribution in [3.05, 3.63) is 54.4 Å². The number of thioether (sulfide) groups is 1. The number of nitrogens with one attached hydrogen (secondary N) is 1. The summed E-state index contributed by atoms with van der Waals surface area (Å²) < 4.78 is 1.90. The van der Waals surface area contributed by atoms with Crippen molar-refractivity contribution in [2.45, 2.75) is 4.90 Å². The fourth-order valence-electron chi connectivity index (χ4n) is 1.98. The van der Waals surface area contributed by atoms with Gasteiger partial charge in [0.1, 0.15) is 0 Å². The molecule has 1 aromatic heterocycles. The number of aromatic nitrogens is 1. The van der Waals surface area contributed by atoms with Crippen molar-refractivity contribution >= 4 is 40.6 Å². The van der Waals surface area contributed by atoms with Crippen molar-refractivity contribution in [1.82, 2.24) is 0 Å². The molecule has 1 aromatic carbocycles. The van der Waals surface area contributed by atoms with E-state index in [2.05, 4.69) is 22.6 Å². The maximum Gasteiger partial charge on any atom is 0.400 e. The Kier molecular flexibility index (Phi) is 3.31. The number of hydrogen-bond donors (Lipinski definition) is 1. The van der Waals surface area contributed by atoms with E-state index in [1.54, 1.807) is 11.8 Å². The lowest BCUT2D eigenvalue weighted by Crippen LogP contribution is -2.40. The second-order valence-corrected chi connectivity index (χ2v) is 5.24. The van der Waals surface area contributed by atoms with Gasteiger partial charge < -0.3 is 5.32 Å². The molecule has 2 heterocycles. The number of para-hydroxylation sites is 1. The number of aliphatic imine (C=N–C) groups is 1. The Morgan fingerprint density at radius 2 is 1.95 bits per heavy atom. The minimum atomic E-state index is 0.569. The zero-order valence-electron chi connectivity index (χ0n) is 10.3. The Hall–Kier alpha value is -1.72. The van der Waals surface area contributed by atoms with Gasteiger partial charge in [-0.25, -0.2) is 0 Å². The van der Waals surface area contributed by atoms with Gasteiger partial charge >= 0.3 is 5.11 Å². The molecule has 0 radical (unpaired) electrons. The number of pyridine rings is 1. The van der Waals surface area contributed by atoms with Crippen molar-refractivity contribution in [2.24, 2.45) is 4.99 Å². The largest absolute Gasteiger partial charge is 0.400 e. The fraction of sp³-hybridized carbons (Fsp3) is 0.0714. The van der Waals surface area contributed by atoms with E-state index in [0.717, 1.165) is 17.2 Å². The first-order valence-electron chi connectivity index (χ1n) is 5.84. The summed E-state index contributed by atoms with van der Waals surface area (Å²) in [5.74, 6) is 0.798. The first kappa shape index (κ1) is 12.3. The first-order valence-corrected chi connectivity index (χ1v) is 7.47. The van der Waals surface area contributed by atoms with E-state index in [9.17, 15) is 0 Å². The van der Waals surface area contributed by atoms with E-state index in [1.165, 1.54) is 4.90 Å². The number of amidine groups is 1. The molecule has 1 N–H and O–H groups in total. The molecule has 19 heavy (non-hydrogen) atoms. The molecule has 0 atom stereocenters. The summed E-state index contributed by atoms with van der Waals surface area (Å²) in [7, 11) is 0. The molecule has 0 bridgehead atoms. The number of fused-ring (bicyclic) bond motifs is 1. The minimum absolute atomic E-state index is 0.569. The van der Waals surface area contributed by atoms with Crippen molar-refractivity contribution in [2.75, 3.05) is 11.6 Å². The lowest BCUT2D eigenvalue weighted by Gasteiger charge is -2.07. The third kappa shape index (κ3) is 2.27. The molecule has 5 heteroatoms. The number of thiocarbonyl (C=S) groups is 1. The lowest BCUT2D eigenvalue weighted by atomic mass is 10.3. The van der Waals surface area contributed by atoms with Gasteiger partial charge in [0.05, 0.1) is 11.9 Å². The highest BCUT2D eigenvalue weighted by molar-refractivity contribution is 7.98. The molecule has 0 saturated carbocycles. The molecule has 94 valence electrons. The molecule has 3 nitrogen and oxygen atoms in total. The molecule has 2 aromatic rings. The summed E-state index contributed by atoms with van der Waals surface area (Å²) in [5.41, 5.74) is 2.04. The predicted molar refractivity (Wildman–Crippen MR) is 83.0 cm³/mol. The van der Waals surface area contributed by atoms with Gasteiger partial charge in [0.2, 0.25) is 5.69 Å². The average molecular weight is 286 g/mol. The fourth-order valence-corrected chi connectivity index (χ4v) is 2.78. The molecule has 0 spiro atoms. The molecule has 0 fully saturated rings. The standard InChI is InChI=1S/C14H11N3S2/c1-19-12-8-3-2-6-10(12)15-13-11-7-4-5-9-17(11)14(18)16-13/h2-9H,1H3/p+1. The van der Waals surface area contributed by atoms with E-state index >= 15 is 0 Å². The number of anilines is 1. The van der Waals surface area contributed by atoms with Crippen molar-refractivity contribution in [3.8, 4) is 0 Å². The molecular formula is C14H12N3S2+. The van der Waals surface area contributed by atoms with Crippen molar-refractivity contribution in [1.29, 1.82) is 0 Å². The predicted octanol–water partition coefficient (Wildman–Crippen LogP) is 2.70. The van der Waals surface area contributed by atoms with Gasteiger partial charge in [0, 0.05) is 17.1 Å². The van der Waals surface area contributed by atoms with Crippen molar-refractivity contribution < 1.29 is 4.57 Å². The third-order valence-corrected chi connectivity index (χ3v) is 3.96. The van der Waals surface area contributed by atoms with Crippen LogP contribution in [-0.2, 0) is 0 Å². The van der Waals surface area contributed by atoms with Crippen LogP contribution in [0.1, 0.15) is 5.69 Å². The van der Waals surface area contributed by atoms with Crippen LogP contribution in [0.3, 0.4) is 0 Å². The second kappa shape index (κ2) is 5.11. The zero-order valence-corrected chi connectivity index (χ0v) is 12.0. The monoisotopic (exact) mass is 286 g/mol. The lowest BCUT2D eigenvalue weighted by molar-refractivity contribution is -0.551. The molecular weight excluding hydrogens is 274 g/mol. The topological polar surface area (TPSA) is 28.3 Å². The Morgan fingerprint density at radius 1 is 1.16 bits per heavy atom. The van der Waals surface area contributed by atoms with Crippen LogP contribution in [-0.4, -0.2) is 17.2 Å². The van der Waals surface area contributed by atoms with Gasteiger partial charge in [-0.2, -0.15) is 4.57 Å². The number of nitrogens with zero attached hydrogens (tertiary/aromatic N) is 2. The summed E-state index contributed by atoms with van der Waals surface area (Å²) in [5, 5.41) is 3.94. The van der Waals surface area contributed by atoms with Gasteiger partial charge in [-0.15, -0.1) is 11.8 Å².